The normalized spacial score (nSPS) is 46.3. The lowest BCUT2D eigenvalue weighted by atomic mass is 9.93. The number of amides is 1. The lowest BCUT2D eigenvalue weighted by molar-refractivity contribution is -0.399. The summed E-state index contributed by atoms with van der Waals surface area (Å²) in [6, 6.07) is -4.39. The van der Waals surface area contributed by atoms with E-state index in [1.54, 1.807) is 0 Å². The molecule has 15 atom stereocenters. The quantitative estimate of drug-likeness (QED) is 0.0958. The molecule has 0 aromatic heterocycles. The largest absolute Gasteiger partial charge is 0.427 e. The molecule has 20 nitrogen and oxygen atoms in total. The van der Waals surface area contributed by atoms with Crippen LogP contribution in [0.1, 0.15) is 12.8 Å². The van der Waals surface area contributed by atoms with Gasteiger partial charge in [0.25, 0.3) is 5.79 Å². The van der Waals surface area contributed by atoms with Gasteiger partial charge in [-0.05, 0) is 0 Å². The standard InChI is InChI=1S/C22H40N4O16/c23-8(30)1-2-9(31)41-22(5-29)18(35)15(34)12(26)21(42-22)40-17-7(4-28)38-20(11(25)14(17)33)39-16-6(3-27)37-19(36)10(24)13(16)32/h6-7,10-21,27-29,32-36H,1-5,24-26H2,(H2,23,30)/t6-,7-,10-,11-,12-,13-,14-,15-,16?,17?,18+,19-,20+,21+,22+/m1/s1. The highest BCUT2D eigenvalue weighted by Crippen LogP contribution is 2.35. The zero-order chi connectivity index (χ0) is 31.5. The minimum Gasteiger partial charge on any atom is -0.427 e. The highest BCUT2D eigenvalue weighted by atomic mass is 16.8. The molecule has 244 valence electrons. The van der Waals surface area contributed by atoms with E-state index in [1.807, 2.05) is 0 Å². The summed E-state index contributed by atoms with van der Waals surface area (Å²) in [5.41, 5.74) is 22.7. The maximum absolute atomic E-state index is 12.2. The van der Waals surface area contributed by atoms with Crippen molar-refractivity contribution in [1.29, 1.82) is 0 Å². The van der Waals surface area contributed by atoms with Crippen LogP contribution >= 0.6 is 0 Å². The predicted octanol–water partition coefficient (Wildman–Crippen LogP) is -8.54. The first-order chi connectivity index (χ1) is 19.7. The SMILES string of the molecule is NC(=O)CCC(=O)O[C@@]1(CO)O[C@H](OC2[C@@H](CO)O[C@@H](OC3[C@@H](CO)O[C@@H](O)[C@H](N)[C@H]3O)[C@H](N)[C@H]2O)[C@H](N)[C@@H](O)[C@@H]1O. The van der Waals surface area contributed by atoms with Crippen LogP contribution in [0.4, 0.5) is 0 Å². The van der Waals surface area contributed by atoms with E-state index in [1.165, 1.54) is 0 Å². The van der Waals surface area contributed by atoms with Gasteiger partial charge in [-0.1, -0.05) is 0 Å². The molecule has 1 amide bonds. The number of primary amides is 1. The van der Waals surface area contributed by atoms with E-state index < -0.39 is 136 Å². The Morgan fingerprint density at radius 3 is 1.81 bits per heavy atom. The second-order valence-corrected chi connectivity index (χ2v) is 10.2. The van der Waals surface area contributed by atoms with Crippen LogP contribution in [0.25, 0.3) is 0 Å². The molecule has 42 heavy (non-hydrogen) atoms. The van der Waals surface area contributed by atoms with Crippen LogP contribution in [0, 0.1) is 0 Å². The third-order valence-electron chi connectivity index (χ3n) is 7.28. The first-order valence-corrected chi connectivity index (χ1v) is 13.0. The Labute approximate surface area is 238 Å². The third kappa shape index (κ3) is 7.15. The van der Waals surface area contributed by atoms with Crippen molar-refractivity contribution in [3.8, 4) is 0 Å². The summed E-state index contributed by atoms with van der Waals surface area (Å²) in [6.07, 6.45) is -19.0. The second kappa shape index (κ2) is 14.4. The number of ether oxygens (including phenoxy) is 6. The number of carbonyl (C=O) groups is 2. The van der Waals surface area contributed by atoms with Crippen LogP contribution in [0.2, 0.25) is 0 Å². The van der Waals surface area contributed by atoms with E-state index in [9.17, 15) is 50.4 Å². The number of hydrogen-bond donors (Lipinski definition) is 12. The molecule has 16 N–H and O–H groups in total. The second-order valence-electron chi connectivity index (χ2n) is 10.2. The number of nitrogens with two attached hydrogens (primary N) is 4. The number of hydrogen-bond acceptors (Lipinski definition) is 19. The number of esters is 1. The molecule has 0 spiro atoms. The van der Waals surface area contributed by atoms with Gasteiger partial charge >= 0.3 is 5.97 Å². The fraction of sp³-hybridized carbons (Fsp3) is 0.909. The summed E-state index contributed by atoms with van der Waals surface area (Å²) < 4.78 is 32.6. The average molecular weight is 617 g/mol. The minimum absolute atomic E-state index is 0.432. The molecule has 3 rings (SSSR count). The molecule has 0 aliphatic carbocycles. The van der Waals surface area contributed by atoms with Gasteiger partial charge in [0.05, 0.1) is 37.8 Å². The highest BCUT2D eigenvalue weighted by Gasteiger charge is 2.58. The van der Waals surface area contributed by atoms with E-state index in [4.69, 9.17) is 51.4 Å². The highest BCUT2D eigenvalue weighted by molar-refractivity contribution is 5.80. The Morgan fingerprint density at radius 1 is 0.738 bits per heavy atom. The Kier molecular flexibility index (Phi) is 11.9. The van der Waals surface area contributed by atoms with Crippen molar-refractivity contribution in [2.45, 2.75) is 104 Å². The van der Waals surface area contributed by atoms with Gasteiger partial charge in [-0.25, -0.2) is 0 Å². The van der Waals surface area contributed by atoms with E-state index in [-0.39, 0.29) is 0 Å². The van der Waals surface area contributed by atoms with Gasteiger partial charge < -0.3 is 92.2 Å². The molecule has 3 aliphatic rings. The van der Waals surface area contributed by atoms with Crippen LogP contribution < -0.4 is 22.9 Å². The molecular weight excluding hydrogens is 576 g/mol. The maximum atomic E-state index is 12.2. The summed E-state index contributed by atoms with van der Waals surface area (Å²) in [5.74, 6) is -4.60. The van der Waals surface area contributed by atoms with Crippen molar-refractivity contribution in [1.82, 2.24) is 0 Å². The summed E-state index contributed by atoms with van der Waals surface area (Å²) >= 11 is 0. The summed E-state index contributed by atoms with van der Waals surface area (Å²) in [6.45, 7) is -2.76. The fourth-order valence-electron chi connectivity index (χ4n) is 4.77. The Balaban J connectivity index is 1.77. The molecular formula is C22H40N4O16. The molecule has 0 aromatic rings. The van der Waals surface area contributed by atoms with Crippen molar-refractivity contribution in [3.05, 3.63) is 0 Å². The number of aliphatic hydroxyl groups is 8. The average Bonchev–Trinajstić information content (AvgIpc) is 2.96. The first kappa shape index (κ1) is 34.8. The molecule has 20 heteroatoms. The van der Waals surface area contributed by atoms with Crippen molar-refractivity contribution < 1.29 is 78.9 Å². The predicted molar refractivity (Wildman–Crippen MR) is 131 cm³/mol. The van der Waals surface area contributed by atoms with Crippen molar-refractivity contribution >= 4 is 11.9 Å². The number of aliphatic hydroxyl groups excluding tert-OH is 8. The van der Waals surface area contributed by atoms with Gasteiger partial charge in [0.2, 0.25) is 5.91 Å². The monoisotopic (exact) mass is 616 g/mol. The van der Waals surface area contributed by atoms with Gasteiger partial charge in [-0.2, -0.15) is 0 Å². The summed E-state index contributed by atoms with van der Waals surface area (Å²) in [5, 5.41) is 81.9. The molecule has 2 unspecified atom stereocenters. The van der Waals surface area contributed by atoms with Crippen LogP contribution in [0.15, 0.2) is 0 Å². The minimum atomic E-state index is -2.63. The molecule has 0 radical (unpaired) electrons. The Morgan fingerprint density at radius 2 is 1.26 bits per heavy atom. The molecule has 3 fully saturated rings. The molecule has 0 bridgehead atoms. The van der Waals surface area contributed by atoms with Crippen LogP contribution in [0.5, 0.6) is 0 Å². The van der Waals surface area contributed by atoms with Gasteiger partial charge in [0, 0.05) is 6.42 Å². The summed E-state index contributed by atoms with van der Waals surface area (Å²) in [4.78, 5) is 23.2. The lowest BCUT2D eigenvalue weighted by Gasteiger charge is -2.50. The van der Waals surface area contributed by atoms with Gasteiger partial charge in [0.1, 0.15) is 55.4 Å². The Bertz CT molecular complexity index is 918. The molecule has 0 aromatic carbocycles. The smallest absolute Gasteiger partial charge is 0.309 e. The van der Waals surface area contributed by atoms with Gasteiger partial charge in [-0.15, -0.1) is 0 Å². The van der Waals surface area contributed by atoms with Crippen LogP contribution in [-0.2, 0) is 38.0 Å². The van der Waals surface area contributed by atoms with E-state index >= 15 is 0 Å². The van der Waals surface area contributed by atoms with E-state index in [0.29, 0.717) is 0 Å². The Hall–Kier alpha value is -1.70. The van der Waals surface area contributed by atoms with E-state index in [2.05, 4.69) is 0 Å². The molecule has 3 aliphatic heterocycles. The van der Waals surface area contributed by atoms with Crippen LogP contribution in [0.3, 0.4) is 0 Å². The van der Waals surface area contributed by atoms with Crippen molar-refractivity contribution in [2.75, 3.05) is 19.8 Å². The summed E-state index contributed by atoms with van der Waals surface area (Å²) in [7, 11) is 0. The number of rotatable bonds is 11. The lowest BCUT2D eigenvalue weighted by Crippen LogP contribution is -2.72. The zero-order valence-electron chi connectivity index (χ0n) is 22.3. The number of carbonyl (C=O) groups excluding carboxylic acids is 2. The maximum Gasteiger partial charge on any atom is 0.309 e. The molecule has 3 saturated heterocycles. The first-order valence-electron chi connectivity index (χ1n) is 13.0. The zero-order valence-corrected chi connectivity index (χ0v) is 22.3. The van der Waals surface area contributed by atoms with Crippen molar-refractivity contribution in [3.63, 3.8) is 0 Å². The van der Waals surface area contributed by atoms with E-state index in [0.717, 1.165) is 0 Å². The molecule has 0 saturated carbocycles. The van der Waals surface area contributed by atoms with Crippen LogP contribution in [-0.4, -0.2) is 164 Å². The fourth-order valence-corrected chi connectivity index (χ4v) is 4.77. The topological polar surface area (TPSA) is 355 Å². The van der Waals surface area contributed by atoms with Gasteiger partial charge in [-0.3, -0.25) is 9.59 Å². The van der Waals surface area contributed by atoms with Gasteiger partial charge in [0.15, 0.2) is 18.9 Å². The molecule has 3 heterocycles. The third-order valence-corrected chi connectivity index (χ3v) is 7.28. The van der Waals surface area contributed by atoms with Crippen molar-refractivity contribution in [2.24, 2.45) is 22.9 Å².